The molecule has 128 valence electrons. The number of aromatic nitrogens is 1. The second kappa shape index (κ2) is 6.69. The Morgan fingerprint density at radius 1 is 1.33 bits per heavy atom. The van der Waals surface area contributed by atoms with Crippen molar-refractivity contribution in [2.24, 2.45) is 11.8 Å². The first-order chi connectivity index (χ1) is 11.7. The van der Waals surface area contributed by atoms with E-state index in [2.05, 4.69) is 47.4 Å². The molecule has 1 aliphatic heterocycles. The molecule has 1 saturated carbocycles. The fraction of sp³-hybridized carbons (Fsp3) is 0.550. The van der Waals surface area contributed by atoms with Crippen molar-refractivity contribution in [1.29, 1.82) is 0 Å². The maximum Gasteiger partial charge on any atom is 0.117 e. The molecule has 4 rings (SSSR count). The summed E-state index contributed by atoms with van der Waals surface area (Å²) in [6.07, 6.45) is 6.36. The van der Waals surface area contributed by atoms with Crippen molar-refractivity contribution >= 4 is 0 Å². The number of pyridine rings is 1. The van der Waals surface area contributed by atoms with E-state index in [1.165, 1.54) is 24.2 Å². The third-order valence-corrected chi connectivity index (χ3v) is 5.66. The molecule has 0 radical (unpaired) electrons. The Labute approximate surface area is 144 Å². The number of nitrogens with one attached hydrogen (secondary N) is 1. The van der Waals surface area contributed by atoms with Crippen molar-refractivity contribution in [2.75, 3.05) is 20.1 Å². The summed E-state index contributed by atoms with van der Waals surface area (Å²) in [4.78, 5) is 6.74. The molecule has 2 aromatic heterocycles. The molecule has 0 aromatic carbocycles. The zero-order valence-corrected chi connectivity index (χ0v) is 14.6. The third kappa shape index (κ3) is 3.26. The van der Waals surface area contributed by atoms with Crippen molar-refractivity contribution in [1.82, 2.24) is 15.2 Å². The molecule has 0 spiro atoms. The van der Waals surface area contributed by atoms with Crippen LogP contribution in [0.4, 0.5) is 0 Å². The number of hydrogen-bond donors (Lipinski definition) is 1. The zero-order valence-electron chi connectivity index (χ0n) is 14.6. The number of hydrogen-bond acceptors (Lipinski definition) is 4. The maximum atomic E-state index is 5.99. The Morgan fingerprint density at radius 3 is 2.96 bits per heavy atom. The first-order valence-corrected chi connectivity index (χ1v) is 9.12. The van der Waals surface area contributed by atoms with Gasteiger partial charge in [-0.15, -0.1) is 0 Å². The summed E-state index contributed by atoms with van der Waals surface area (Å²) in [5.41, 5.74) is 1.33. The van der Waals surface area contributed by atoms with Gasteiger partial charge in [-0.3, -0.25) is 9.88 Å². The van der Waals surface area contributed by atoms with E-state index >= 15 is 0 Å². The SMILES string of the molecule is C[C@H]1C[C@H]1c1ccc(CNC[C@@H]2CCN(C)[C@H]2c2cccnc2)o1. The molecule has 1 aliphatic carbocycles. The Balaban J connectivity index is 1.32. The average Bonchev–Trinajstić information content (AvgIpc) is 2.98. The molecule has 4 nitrogen and oxygen atoms in total. The Morgan fingerprint density at radius 2 is 2.21 bits per heavy atom. The highest BCUT2D eigenvalue weighted by molar-refractivity contribution is 5.18. The van der Waals surface area contributed by atoms with Crippen LogP contribution in [0.1, 0.15) is 48.8 Å². The molecule has 4 heteroatoms. The number of nitrogens with zero attached hydrogens (tertiary/aromatic N) is 2. The van der Waals surface area contributed by atoms with E-state index in [0.717, 1.165) is 31.3 Å². The predicted octanol–water partition coefficient (Wildman–Crippen LogP) is 3.58. The predicted molar refractivity (Wildman–Crippen MR) is 94.7 cm³/mol. The van der Waals surface area contributed by atoms with Crippen LogP contribution in [0.15, 0.2) is 41.1 Å². The molecule has 4 atom stereocenters. The summed E-state index contributed by atoms with van der Waals surface area (Å²) in [6, 6.07) is 8.99. The van der Waals surface area contributed by atoms with Gasteiger partial charge in [-0.25, -0.2) is 0 Å². The fourth-order valence-electron chi connectivity index (χ4n) is 4.11. The van der Waals surface area contributed by atoms with E-state index < -0.39 is 0 Å². The van der Waals surface area contributed by atoms with Crippen LogP contribution in [0, 0.1) is 11.8 Å². The second-order valence-corrected chi connectivity index (χ2v) is 7.52. The lowest BCUT2D eigenvalue weighted by molar-refractivity contribution is 0.270. The minimum atomic E-state index is 0.464. The molecule has 1 N–H and O–H groups in total. The van der Waals surface area contributed by atoms with Gasteiger partial charge in [-0.05, 0) is 62.0 Å². The quantitative estimate of drug-likeness (QED) is 0.881. The lowest BCUT2D eigenvalue weighted by atomic mass is 9.95. The van der Waals surface area contributed by atoms with Crippen LogP contribution in [-0.4, -0.2) is 30.0 Å². The summed E-state index contributed by atoms with van der Waals surface area (Å²) >= 11 is 0. The van der Waals surface area contributed by atoms with Crippen molar-refractivity contribution in [2.45, 2.75) is 38.3 Å². The molecule has 2 aromatic rings. The van der Waals surface area contributed by atoms with E-state index in [-0.39, 0.29) is 0 Å². The summed E-state index contributed by atoms with van der Waals surface area (Å²) in [5, 5.41) is 3.61. The van der Waals surface area contributed by atoms with Gasteiger partial charge in [0.2, 0.25) is 0 Å². The standard InChI is InChI=1S/C20H27N3O/c1-14-10-18(14)19-6-5-17(24-19)13-22-12-16-7-9-23(2)20(16)15-4-3-8-21-11-15/h3-6,8,11,14,16,18,20,22H,7,9-10,12-13H2,1-2H3/t14-,16-,18+,20-/m0/s1. The Bertz CT molecular complexity index is 669. The molecule has 2 aliphatic rings. The highest BCUT2D eigenvalue weighted by Crippen LogP contribution is 2.47. The minimum absolute atomic E-state index is 0.464. The van der Waals surface area contributed by atoms with Gasteiger partial charge in [0, 0.05) is 30.9 Å². The van der Waals surface area contributed by atoms with E-state index in [1.807, 2.05) is 18.5 Å². The molecular formula is C20H27N3O. The molecule has 2 fully saturated rings. The van der Waals surface area contributed by atoms with Crippen molar-refractivity contribution < 1.29 is 4.42 Å². The van der Waals surface area contributed by atoms with Gasteiger partial charge in [-0.2, -0.15) is 0 Å². The van der Waals surface area contributed by atoms with Crippen LogP contribution >= 0.6 is 0 Å². The summed E-state index contributed by atoms with van der Waals surface area (Å²) < 4.78 is 5.99. The highest BCUT2D eigenvalue weighted by atomic mass is 16.3. The van der Waals surface area contributed by atoms with Gasteiger partial charge in [-0.1, -0.05) is 13.0 Å². The van der Waals surface area contributed by atoms with Gasteiger partial charge in [0.25, 0.3) is 0 Å². The van der Waals surface area contributed by atoms with Crippen LogP contribution < -0.4 is 5.32 Å². The summed E-state index contributed by atoms with van der Waals surface area (Å²) in [5.74, 6) is 4.32. The number of furan rings is 1. The van der Waals surface area contributed by atoms with E-state index in [1.54, 1.807) is 0 Å². The normalized spacial score (nSPS) is 29.9. The van der Waals surface area contributed by atoms with Gasteiger partial charge in [0.15, 0.2) is 0 Å². The van der Waals surface area contributed by atoms with Crippen LogP contribution in [0.2, 0.25) is 0 Å². The molecule has 3 heterocycles. The molecule has 0 unspecified atom stereocenters. The zero-order chi connectivity index (χ0) is 16.5. The van der Waals surface area contributed by atoms with E-state index in [4.69, 9.17) is 4.42 Å². The minimum Gasteiger partial charge on any atom is -0.464 e. The van der Waals surface area contributed by atoms with E-state index in [9.17, 15) is 0 Å². The molecule has 0 bridgehead atoms. The lowest BCUT2D eigenvalue weighted by Crippen LogP contribution is -2.28. The molecule has 1 saturated heterocycles. The topological polar surface area (TPSA) is 41.3 Å². The average molecular weight is 325 g/mol. The van der Waals surface area contributed by atoms with Crippen LogP contribution in [0.25, 0.3) is 0 Å². The van der Waals surface area contributed by atoms with Crippen molar-refractivity contribution in [3.8, 4) is 0 Å². The Kier molecular flexibility index (Phi) is 4.42. The molecular weight excluding hydrogens is 298 g/mol. The molecule has 0 amide bonds. The van der Waals surface area contributed by atoms with Gasteiger partial charge in [0.05, 0.1) is 6.54 Å². The first kappa shape index (κ1) is 15.9. The van der Waals surface area contributed by atoms with Gasteiger partial charge >= 0.3 is 0 Å². The van der Waals surface area contributed by atoms with Crippen molar-refractivity contribution in [3.63, 3.8) is 0 Å². The van der Waals surface area contributed by atoms with Crippen molar-refractivity contribution in [3.05, 3.63) is 53.7 Å². The van der Waals surface area contributed by atoms with Crippen LogP contribution in [0.5, 0.6) is 0 Å². The molecule has 24 heavy (non-hydrogen) atoms. The van der Waals surface area contributed by atoms with Crippen LogP contribution in [0.3, 0.4) is 0 Å². The van der Waals surface area contributed by atoms with Crippen LogP contribution in [-0.2, 0) is 6.54 Å². The smallest absolute Gasteiger partial charge is 0.117 e. The van der Waals surface area contributed by atoms with Gasteiger partial charge < -0.3 is 9.73 Å². The second-order valence-electron chi connectivity index (χ2n) is 7.52. The maximum absolute atomic E-state index is 5.99. The van der Waals surface area contributed by atoms with E-state index in [0.29, 0.717) is 17.9 Å². The monoisotopic (exact) mass is 325 g/mol. The third-order valence-electron chi connectivity index (χ3n) is 5.66. The summed E-state index contributed by atoms with van der Waals surface area (Å²) in [7, 11) is 2.22. The number of rotatable bonds is 6. The number of likely N-dealkylation sites (tertiary alicyclic amines) is 1. The summed E-state index contributed by atoms with van der Waals surface area (Å²) in [6.45, 7) is 5.28. The highest BCUT2D eigenvalue weighted by Gasteiger charge is 2.36. The largest absolute Gasteiger partial charge is 0.464 e. The lowest BCUT2D eigenvalue weighted by Gasteiger charge is -2.25. The fourth-order valence-corrected chi connectivity index (χ4v) is 4.11. The first-order valence-electron chi connectivity index (χ1n) is 9.12. The van der Waals surface area contributed by atoms with Gasteiger partial charge in [0.1, 0.15) is 11.5 Å². The Hall–Kier alpha value is -1.65.